The SMILES string of the molecule is CCC1CN(c2cc(C)c(N)cn2)CCN1C. The van der Waals surface area contributed by atoms with Gasteiger partial charge in [0.1, 0.15) is 5.82 Å². The Hall–Kier alpha value is -1.29. The van der Waals surface area contributed by atoms with Gasteiger partial charge in [0.2, 0.25) is 0 Å². The van der Waals surface area contributed by atoms with E-state index >= 15 is 0 Å². The number of nitrogens with zero attached hydrogens (tertiary/aromatic N) is 3. The van der Waals surface area contributed by atoms with Crippen molar-refractivity contribution in [1.82, 2.24) is 9.88 Å². The number of aryl methyl sites for hydroxylation is 1. The zero-order valence-corrected chi connectivity index (χ0v) is 11.0. The number of anilines is 2. The fourth-order valence-corrected chi connectivity index (χ4v) is 2.32. The van der Waals surface area contributed by atoms with Crippen LogP contribution in [-0.2, 0) is 0 Å². The lowest BCUT2D eigenvalue weighted by Crippen LogP contribution is -2.51. The summed E-state index contributed by atoms with van der Waals surface area (Å²) in [5.41, 5.74) is 7.69. The molecule has 2 N–H and O–H groups in total. The van der Waals surface area contributed by atoms with Gasteiger partial charge in [-0.05, 0) is 32.0 Å². The molecule has 0 spiro atoms. The zero-order chi connectivity index (χ0) is 12.4. The first kappa shape index (κ1) is 12.2. The summed E-state index contributed by atoms with van der Waals surface area (Å²) in [6.45, 7) is 7.48. The van der Waals surface area contributed by atoms with Crippen molar-refractivity contribution in [3.05, 3.63) is 17.8 Å². The molecule has 0 amide bonds. The van der Waals surface area contributed by atoms with Crippen LogP contribution in [0.15, 0.2) is 12.3 Å². The first-order valence-corrected chi connectivity index (χ1v) is 6.29. The van der Waals surface area contributed by atoms with E-state index in [1.807, 2.05) is 6.92 Å². The van der Waals surface area contributed by atoms with Crippen molar-refractivity contribution in [2.24, 2.45) is 0 Å². The van der Waals surface area contributed by atoms with E-state index in [0.717, 1.165) is 36.7 Å². The van der Waals surface area contributed by atoms with E-state index < -0.39 is 0 Å². The van der Waals surface area contributed by atoms with Crippen molar-refractivity contribution < 1.29 is 0 Å². The third kappa shape index (κ3) is 2.52. The maximum atomic E-state index is 5.80. The lowest BCUT2D eigenvalue weighted by molar-refractivity contribution is 0.213. The van der Waals surface area contributed by atoms with Gasteiger partial charge >= 0.3 is 0 Å². The van der Waals surface area contributed by atoms with Crippen LogP contribution >= 0.6 is 0 Å². The van der Waals surface area contributed by atoms with Crippen molar-refractivity contribution in [2.75, 3.05) is 37.3 Å². The van der Waals surface area contributed by atoms with Crippen LogP contribution in [0.2, 0.25) is 0 Å². The third-order valence-electron chi connectivity index (χ3n) is 3.71. The Kier molecular flexibility index (Phi) is 3.52. The van der Waals surface area contributed by atoms with Gasteiger partial charge in [-0.3, -0.25) is 4.90 Å². The number of likely N-dealkylation sites (N-methyl/N-ethyl adjacent to an activating group) is 1. The second-order valence-electron chi connectivity index (χ2n) is 4.89. The predicted octanol–water partition coefficient (Wildman–Crippen LogP) is 1.50. The Morgan fingerprint density at radius 1 is 1.47 bits per heavy atom. The number of nitrogens with two attached hydrogens (primary N) is 1. The maximum absolute atomic E-state index is 5.80. The molecule has 4 nitrogen and oxygen atoms in total. The summed E-state index contributed by atoms with van der Waals surface area (Å²) < 4.78 is 0. The molecule has 0 saturated carbocycles. The summed E-state index contributed by atoms with van der Waals surface area (Å²) in [6, 6.07) is 2.72. The minimum absolute atomic E-state index is 0.628. The molecule has 0 aromatic carbocycles. The molecule has 1 fully saturated rings. The van der Waals surface area contributed by atoms with Crippen molar-refractivity contribution in [2.45, 2.75) is 26.3 Å². The summed E-state index contributed by atoms with van der Waals surface area (Å²) in [5.74, 6) is 1.06. The lowest BCUT2D eigenvalue weighted by atomic mass is 10.1. The fraction of sp³-hybridized carbons (Fsp3) is 0.615. The van der Waals surface area contributed by atoms with Crippen LogP contribution in [0, 0.1) is 6.92 Å². The highest BCUT2D eigenvalue weighted by atomic mass is 15.3. The van der Waals surface area contributed by atoms with Gasteiger partial charge in [0.25, 0.3) is 0 Å². The third-order valence-corrected chi connectivity index (χ3v) is 3.71. The van der Waals surface area contributed by atoms with E-state index in [9.17, 15) is 0 Å². The van der Waals surface area contributed by atoms with Gasteiger partial charge in [-0.25, -0.2) is 4.98 Å². The van der Waals surface area contributed by atoms with Crippen LogP contribution in [-0.4, -0.2) is 42.6 Å². The molecule has 1 unspecified atom stereocenters. The molecule has 1 saturated heterocycles. The normalized spacial score (nSPS) is 21.8. The van der Waals surface area contributed by atoms with Gasteiger partial charge in [0.05, 0.1) is 11.9 Å². The monoisotopic (exact) mass is 234 g/mol. The molecule has 94 valence electrons. The minimum Gasteiger partial charge on any atom is -0.397 e. The maximum Gasteiger partial charge on any atom is 0.128 e. The second kappa shape index (κ2) is 4.92. The van der Waals surface area contributed by atoms with Gasteiger partial charge < -0.3 is 10.6 Å². The summed E-state index contributed by atoms with van der Waals surface area (Å²) in [5, 5.41) is 0. The topological polar surface area (TPSA) is 45.4 Å². The molecule has 0 radical (unpaired) electrons. The number of nitrogen functional groups attached to an aromatic ring is 1. The molecule has 0 bridgehead atoms. The van der Waals surface area contributed by atoms with E-state index in [-0.39, 0.29) is 0 Å². The van der Waals surface area contributed by atoms with Gasteiger partial charge in [-0.2, -0.15) is 0 Å². The lowest BCUT2D eigenvalue weighted by Gasteiger charge is -2.39. The minimum atomic E-state index is 0.628. The Morgan fingerprint density at radius 3 is 2.88 bits per heavy atom. The molecule has 4 heteroatoms. The van der Waals surface area contributed by atoms with Crippen LogP contribution in [0.25, 0.3) is 0 Å². The van der Waals surface area contributed by atoms with E-state index in [1.165, 1.54) is 6.42 Å². The van der Waals surface area contributed by atoms with Gasteiger partial charge in [-0.1, -0.05) is 6.92 Å². The fourth-order valence-electron chi connectivity index (χ4n) is 2.32. The number of rotatable bonds is 2. The first-order chi connectivity index (χ1) is 8.11. The van der Waals surface area contributed by atoms with E-state index in [2.05, 4.69) is 34.8 Å². The Bertz CT molecular complexity index is 391. The quantitative estimate of drug-likeness (QED) is 0.842. The molecule has 1 aromatic rings. The van der Waals surface area contributed by atoms with Crippen molar-refractivity contribution in [3.8, 4) is 0 Å². The zero-order valence-electron chi connectivity index (χ0n) is 11.0. The molecule has 0 aliphatic carbocycles. The van der Waals surface area contributed by atoms with Crippen molar-refractivity contribution in [3.63, 3.8) is 0 Å². The number of piperazine rings is 1. The summed E-state index contributed by atoms with van der Waals surface area (Å²) in [4.78, 5) is 9.23. The summed E-state index contributed by atoms with van der Waals surface area (Å²) >= 11 is 0. The molecule has 2 rings (SSSR count). The molecule has 17 heavy (non-hydrogen) atoms. The van der Waals surface area contributed by atoms with Crippen LogP contribution in [0.3, 0.4) is 0 Å². The Morgan fingerprint density at radius 2 is 2.24 bits per heavy atom. The second-order valence-corrected chi connectivity index (χ2v) is 4.89. The number of hydrogen-bond donors (Lipinski definition) is 1. The first-order valence-electron chi connectivity index (χ1n) is 6.29. The molecule has 1 aliphatic heterocycles. The van der Waals surface area contributed by atoms with Crippen LogP contribution < -0.4 is 10.6 Å². The van der Waals surface area contributed by atoms with Crippen LogP contribution in [0.4, 0.5) is 11.5 Å². The number of aromatic nitrogens is 1. The van der Waals surface area contributed by atoms with E-state index in [1.54, 1.807) is 6.20 Å². The molecule has 1 atom stereocenters. The largest absolute Gasteiger partial charge is 0.397 e. The van der Waals surface area contributed by atoms with Gasteiger partial charge in [-0.15, -0.1) is 0 Å². The average molecular weight is 234 g/mol. The number of hydrogen-bond acceptors (Lipinski definition) is 4. The highest BCUT2D eigenvalue weighted by Crippen LogP contribution is 2.20. The summed E-state index contributed by atoms with van der Waals surface area (Å²) in [7, 11) is 2.20. The molecular formula is C13H22N4. The van der Waals surface area contributed by atoms with Gasteiger partial charge in [0.15, 0.2) is 0 Å². The Balaban J connectivity index is 2.14. The molecule has 2 heterocycles. The highest BCUT2D eigenvalue weighted by molar-refractivity contribution is 5.52. The van der Waals surface area contributed by atoms with Crippen LogP contribution in [0.1, 0.15) is 18.9 Å². The smallest absolute Gasteiger partial charge is 0.128 e. The molecule has 1 aromatic heterocycles. The number of pyridine rings is 1. The molecule has 1 aliphatic rings. The summed E-state index contributed by atoms with van der Waals surface area (Å²) in [6.07, 6.45) is 2.95. The Labute approximate surface area is 103 Å². The predicted molar refractivity (Wildman–Crippen MR) is 72.3 cm³/mol. The molecular weight excluding hydrogens is 212 g/mol. The van der Waals surface area contributed by atoms with Crippen LogP contribution in [0.5, 0.6) is 0 Å². The van der Waals surface area contributed by atoms with Crippen molar-refractivity contribution in [1.29, 1.82) is 0 Å². The average Bonchev–Trinajstić information content (AvgIpc) is 2.33. The highest BCUT2D eigenvalue weighted by Gasteiger charge is 2.23. The van der Waals surface area contributed by atoms with E-state index in [0.29, 0.717) is 6.04 Å². The van der Waals surface area contributed by atoms with Gasteiger partial charge in [0, 0.05) is 25.7 Å². The standard InChI is InChI=1S/C13H22N4/c1-4-11-9-17(6-5-16(11)3)13-7-10(2)12(14)8-15-13/h7-8,11H,4-6,9,14H2,1-3H3. The van der Waals surface area contributed by atoms with Crippen molar-refractivity contribution >= 4 is 11.5 Å². The van der Waals surface area contributed by atoms with E-state index in [4.69, 9.17) is 5.73 Å².